The highest BCUT2D eigenvalue weighted by Gasteiger charge is 2.30. The largest absolute Gasteiger partial charge is 0.489 e. The van der Waals surface area contributed by atoms with Crippen molar-refractivity contribution in [3.05, 3.63) is 29.8 Å². The smallest absolute Gasteiger partial charge is 0.416 e. The summed E-state index contributed by atoms with van der Waals surface area (Å²) in [5.74, 6) is 0.275. The maximum atomic E-state index is 12.6. The van der Waals surface area contributed by atoms with Gasteiger partial charge in [-0.15, -0.1) is 0 Å². The Hall–Kier alpha value is -1.23. The van der Waals surface area contributed by atoms with Crippen LogP contribution in [0.4, 0.5) is 13.2 Å². The van der Waals surface area contributed by atoms with Crippen LogP contribution in [0.5, 0.6) is 5.75 Å². The van der Waals surface area contributed by atoms with E-state index in [0.29, 0.717) is 6.54 Å². The van der Waals surface area contributed by atoms with Gasteiger partial charge in [-0.05, 0) is 37.6 Å². The number of hydrogen-bond donors (Lipinski definition) is 1. The highest BCUT2D eigenvalue weighted by atomic mass is 19.4. The van der Waals surface area contributed by atoms with E-state index in [1.807, 2.05) is 6.92 Å². The number of ether oxygens (including phenoxy) is 1. The van der Waals surface area contributed by atoms with Gasteiger partial charge in [-0.1, -0.05) is 26.3 Å². The van der Waals surface area contributed by atoms with E-state index in [1.54, 1.807) is 6.07 Å². The molecule has 2 nitrogen and oxygen atoms in total. The molecule has 0 saturated heterocycles. The zero-order chi connectivity index (χ0) is 15.0. The third-order valence-corrected chi connectivity index (χ3v) is 2.87. The average Bonchev–Trinajstić information content (AvgIpc) is 2.38. The fourth-order valence-corrected chi connectivity index (χ4v) is 1.90. The molecule has 0 saturated carbocycles. The lowest BCUT2D eigenvalue weighted by atomic mass is 10.2. The topological polar surface area (TPSA) is 21.3 Å². The second kappa shape index (κ2) is 8.15. The predicted molar refractivity (Wildman–Crippen MR) is 73.9 cm³/mol. The fraction of sp³-hybridized carbons (Fsp3) is 0.600. The molecule has 1 atom stereocenters. The van der Waals surface area contributed by atoms with Crippen LogP contribution < -0.4 is 10.1 Å². The molecule has 0 bridgehead atoms. The Morgan fingerprint density at radius 3 is 2.55 bits per heavy atom. The number of alkyl halides is 3. The van der Waals surface area contributed by atoms with Gasteiger partial charge in [0.15, 0.2) is 0 Å². The molecule has 0 aliphatic rings. The quantitative estimate of drug-likeness (QED) is 0.722. The van der Waals surface area contributed by atoms with E-state index in [4.69, 9.17) is 4.74 Å². The predicted octanol–water partition coefficient (Wildman–Crippen LogP) is 4.25. The van der Waals surface area contributed by atoms with E-state index in [1.165, 1.54) is 6.07 Å². The van der Waals surface area contributed by atoms with Crippen LogP contribution in [-0.4, -0.2) is 19.2 Å². The summed E-state index contributed by atoms with van der Waals surface area (Å²) in [5.41, 5.74) is -0.674. The first-order valence-corrected chi connectivity index (χ1v) is 7.02. The molecule has 20 heavy (non-hydrogen) atoms. The van der Waals surface area contributed by atoms with E-state index in [9.17, 15) is 13.2 Å². The first-order chi connectivity index (χ1) is 9.47. The van der Waals surface area contributed by atoms with E-state index in [0.717, 1.165) is 37.9 Å². The molecule has 0 aromatic heterocycles. The van der Waals surface area contributed by atoms with Crippen LogP contribution in [0.15, 0.2) is 24.3 Å². The van der Waals surface area contributed by atoms with Gasteiger partial charge in [0, 0.05) is 6.54 Å². The van der Waals surface area contributed by atoms with Gasteiger partial charge in [0.2, 0.25) is 0 Å². The minimum Gasteiger partial charge on any atom is -0.489 e. The Morgan fingerprint density at radius 2 is 1.95 bits per heavy atom. The number of halogens is 3. The van der Waals surface area contributed by atoms with Crippen LogP contribution in [0.25, 0.3) is 0 Å². The van der Waals surface area contributed by atoms with Crippen molar-refractivity contribution in [2.75, 3.05) is 13.1 Å². The molecule has 0 spiro atoms. The van der Waals surface area contributed by atoms with Gasteiger partial charge < -0.3 is 10.1 Å². The lowest BCUT2D eigenvalue weighted by molar-refractivity contribution is -0.137. The Labute approximate surface area is 118 Å². The Bertz CT molecular complexity index is 393. The molecule has 1 N–H and O–H groups in total. The maximum Gasteiger partial charge on any atom is 0.416 e. The second-order valence-corrected chi connectivity index (χ2v) is 4.76. The zero-order valence-electron chi connectivity index (χ0n) is 12.0. The Balaban J connectivity index is 2.67. The van der Waals surface area contributed by atoms with Gasteiger partial charge in [-0.2, -0.15) is 13.2 Å². The van der Waals surface area contributed by atoms with Crippen LogP contribution in [0, 0.1) is 0 Å². The molecule has 1 aromatic rings. The summed E-state index contributed by atoms with van der Waals surface area (Å²) in [6, 6.07) is 5.05. The van der Waals surface area contributed by atoms with Gasteiger partial charge in [-0.25, -0.2) is 0 Å². The van der Waals surface area contributed by atoms with Gasteiger partial charge in [-0.3, -0.25) is 0 Å². The third kappa shape index (κ3) is 5.82. The molecule has 1 aromatic carbocycles. The molecule has 0 fully saturated rings. The molecule has 0 amide bonds. The van der Waals surface area contributed by atoms with Crippen molar-refractivity contribution in [3.63, 3.8) is 0 Å². The van der Waals surface area contributed by atoms with E-state index < -0.39 is 11.7 Å². The third-order valence-electron chi connectivity index (χ3n) is 2.87. The normalized spacial score (nSPS) is 13.2. The summed E-state index contributed by atoms with van der Waals surface area (Å²) < 4.78 is 43.6. The van der Waals surface area contributed by atoms with E-state index in [2.05, 4.69) is 12.2 Å². The minimum absolute atomic E-state index is 0.102. The lowest BCUT2D eigenvalue weighted by Crippen LogP contribution is -2.31. The summed E-state index contributed by atoms with van der Waals surface area (Å²) in [5, 5.41) is 3.24. The van der Waals surface area contributed by atoms with Crippen LogP contribution in [0.1, 0.15) is 38.7 Å². The van der Waals surface area contributed by atoms with Crippen LogP contribution in [0.2, 0.25) is 0 Å². The van der Waals surface area contributed by atoms with Gasteiger partial charge >= 0.3 is 6.18 Å². The summed E-state index contributed by atoms with van der Waals surface area (Å²) in [6.07, 6.45) is -1.68. The fourth-order valence-electron chi connectivity index (χ4n) is 1.90. The molecule has 0 heterocycles. The van der Waals surface area contributed by atoms with E-state index >= 15 is 0 Å². The van der Waals surface area contributed by atoms with Crippen molar-refractivity contribution in [3.8, 4) is 5.75 Å². The average molecular weight is 289 g/mol. The van der Waals surface area contributed by atoms with Crippen molar-refractivity contribution in [1.82, 2.24) is 5.32 Å². The van der Waals surface area contributed by atoms with Crippen molar-refractivity contribution in [2.45, 2.75) is 45.4 Å². The number of nitrogens with one attached hydrogen (secondary N) is 1. The molecule has 0 radical (unpaired) electrons. The van der Waals surface area contributed by atoms with Gasteiger partial charge in [0.05, 0.1) is 5.56 Å². The maximum absolute atomic E-state index is 12.6. The van der Waals surface area contributed by atoms with Crippen molar-refractivity contribution >= 4 is 0 Å². The SMILES string of the molecule is CCCNCC(CCC)Oc1cccc(C(F)(F)F)c1. The number of hydrogen-bond acceptors (Lipinski definition) is 2. The lowest BCUT2D eigenvalue weighted by Gasteiger charge is -2.20. The van der Waals surface area contributed by atoms with Crippen molar-refractivity contribution < 1.29 is 17.9 Å². The second-order valence-electron chi connectivity index (χ2n) is 4.76. The first-order valence-electron chi connectivity index (χ1n) is 7.02. The van der Waals surface area contributed by atoms with E-state index in [-0.39, 0.29) is 11.9 Å². The molecule has 1 rings (SSSR count). The van der Waals surface area contributed by atoms with Gasteiger partial charge in [0.25, 0.3) is 0 Å². The monoisotopic (exact) mass is 289 g/mol. The summed E-state index contributed by atoms with van der Waals surface area (Å²) >= 11 is 0. The molecular weight excluding hydrogens is 267 g/mol. The molecule has 1 unspecified atom stereocenters. The molecule has 114 valence electrons. The van der Waals surface area contributed by atoms with Crippen LogP contribution >= 0.6 is 0 Å². The number of benzene rings is 1. The molecular formula is C15H22F3NO. The zero-order valence-corrected chi connectivity index (χ0v) is 12.0. The summed E-state index contributed by atoms with van der Waals surface area (Å²) in [4.78, 5) is 0. The first kappa shape index (κ1) is 16.8. The standard InChI is InChI=1S/C15H22F3NO/c1-3-6-14(11-19-9-4-2)20-13-8-5-7-12(10-13)15(16,17)18/h5,7-8,10,14,19H,3-4,6,9,11H2,1-2H3. The van der Waals surface area contributed by atoms with Crippen molar-refractivity contribution in [2.24, 2.45) is 0 Å². The highest BCUT2D eigenvalue weighted by Crippen LogP contribution is 2.31. The van der Waals surface area contributed by atoms with Crippen LogP contribution in [0.3, 0.4) is 0 Å². The van der Waals surface area contributed by atoms with Gasteiger partial charge in [0.1, 0.15) is 11.9 Å². The highest BCUT2D eigenvalue weighted by molar-refractivity contribution is 5.30. The summed E-state index contributed by atoms with van der Waals surface area (Å²) in [7, 11) is 0. The summed E-state index contributed by atoms with van der Waals surface area (Å²) in [6.45, 7) is 5.63. The van der Waals surface area contributed by atoms with Crippen molar-refractivity contribution in [1.29, 1.82) is 0 Å². The Morgan fingerprint density at radius 1 is 1.20 bits per heavy atom. The van der Waals surface area contributed by atoms with Crippen LogP contribution in [-0.2, 0) is 6.18 Å². The molecule has 0 aliphatic carbocycles. The molecule has 5 heteroatoms. The number of rotatable bonds is 8. The molecule has 0 aliphatic heterocycles. The Kier molecular flexibility index (Phi) is 6.85. The minimum atomic E-state index is -4.33.